The van der Waals surface area contributed by atoms with Crippen LogP contribution in [0.15, 0.2) is 40.9 Å². The lowest BCUT2D eigenvalue weighted by Crippen LogP contribution is -2.03. The Bertz CT molecular complexity index is 791. The van der Waals surface area contributed by atoms with E-state index in [-0.39, 0.29) is 5.95 Å². The van der Waals surface area contributed by atoms with Crippen LogP contribution in [-0.4, -0.2) is 15.0 Å². The molecular weight excluding hydrogens is 340 g/mol. The van der Waals surface area contributed by atoms with Crippen LogP contribution >= 0.6 is 27.5 Å². The summed E-state index contributed by atoms with van der Waals surface area (Å²) in [6.45, 7) is 0. The molecule has 0 aliphatic heterocycles. The van der Waals surface area contributed by atoms with Crippen molar-refractivity contribution in [1.82, 2.24) is 15.0 Å². The average Bonchev–Trinajstić information content (AvgIpc) is 2.42. The molecule has 0 fully saturated rings. The van der Waals surface area contributed by atoms with Gasteiger partial charge in [0.25, 0.3) is 0 Å². The summed E-state index contributed by atoms with van der Waals surface area (Å²) in [5.74, 6) is 0.240. The lowest BCUT2D eigenvalue weighted by molar-refractivity contribution is 1.05. The van der Waals surface area contributed by atoms with Crippen molar-refractivity contribution in [1.29, 1.82) is 0 Å². The van der Waals surface area contributed by atoms with E-state index in [9.17, 15) is 0 Å². The number of fused-ring (bicyclic) bond motifs is 1. The molecule has 100 valence electrons. The lowest BCUT2D eigenvalue weighted by Gasteiger charge is -2.07. The Labute approximate surface area is 129 Å². The molecule has 0 unspecified atom stereocenters. The van der Waals surface area contributed by atoms with Crippen LogP contribution in [0.3, 0.4) is 0 Å². The van der Waals surface area contributed by atoms with Crippen LogP contribution in [0.1, 0.15) is 11.3 Å². The number of nitrogens with zero attached hydrogens (tertiary/aromatic N) is 3. The average molecular weight is 350 g/mol. The van der Waals surface area contributed by atoms with Crippen LogP contribution in [0.4, 0.5) is 5.95 Å². The van der Waals surface area contributed by atoms with Crippen LogP contribution in [0.2, 0.25) is 5.15 Å². The first kappa shape index (κ1) is 13.3. The summed E-state index contributed by atoms with van der Waals surface area (Å²) in [4.78, 5) is 12.8. The molecule has 0 atom stereocenters. The SMILES string of the molecule is Nc1nc(Cc2ccccc2Br)c2nc(Cl)ccc2n1. The Balaban J connectivity index is 2.15. The van der Waals surface area contributed by atoms with E-state index in [0.29, 0.717) is 22.6 Å². The standard InChI is InChI=1S/C14H10BrClN4/c15-9-4-2-1-3-8(9)7-11-13-10(18-14(17)19-11)5-6-12(16)20-13/h1-6H,7H2,(H2,17,18,19). The number of hydrogen-bond donors (Lipinski definition) is 1. The fourth-order valence-corrected chi connectivity index (χ4v) is 2.59. The van der Waals surface area contributed by atoms with Crippen molar-refractivity contribution in [3.63, 3.8) is 0 Å². The largest absolute Gasteiger partial charge is 0.368 e. The van der Waals surface area contributed by atoms with E-state index in [0.717, 1.165) is 15.7 Å². The van der Waals surface area contributed by atoms with E-state index in [1.165, 1.54) is 0 Å². The second-order valence-corrected chi connectivity index (χ2v) is 5.54. The monoisotopic (exact) mass is 348 g/mol. The molecule has 4 nitrogen and oxygen atoms in total. The minimum Gasteiger partial charge on any atom is -0.368 e. The topological polar surface area (TPSA) is 64.7 Å². The molecule has 6 heteroatoms. The Morgan fingerprint density at radius 1 is 1.05 bits per heavy atom. The third kappa shape index (κ3) is 2.59. The zero-order valence-corrected chi connectivity index (χ0v) is 12.7. The van der Waals surface area contributed by atoms with E-state index in [2.05, 4.69) is 30.9 Å². The normalized spacial score (nSPS) is 10.9. The predicted octanol–water partition coefficient (Wildman–Crippen LogP) is 3.61. The summed E-state index contributed by atoms with van der Waals surface area (Å²) in [7, 11) is 0. The van der Waals surface area contributed by atoms with Gasteiger partial charge in [0.2, 0.25) is 5.95 Å². The highest BCUT2D eigenvalue weighted by Crippen LogP contribution is 2.23. The molecule has 0 aliphatic carbocycles. The van der Waals surface area contributed by atoms with Gasteiger partial charge in [-0.25, -0.2) is 15.0 Å². The molecule has 3 aromatic rings. The third-order valence-corrected chi connectivity index (χ3v) is 3.90. The summed E-state index contributed by atoms with van der Waals surface area (Å²) < 4.78 is 1.02. The molecule has 0 saturated carbocycles. The van der Waals surface area contributed by atoms with E-state index in [1.807, 2.05) is 24.3 Å². The van der Waals surface area contributed by atoms with E-state index >= 15 is 0 Å². The molecular formula is C14H10BrClN4. The molecule has 0 aliphatic rings. The van der Waals surface area contributed by atoms with E-state index in [1.54, 1.807) is 12.1 Å². The Hall–Kier alpha value is -1.72. The molecule has 0 radical (unpaired) electrons. The minimum atomic E-state index is 0.240. The van der Waals surface area contributed by atoms with Gasteiger partial charge in [-0.3, -0.25) is 0 Å². The summed E-state index contributed by atoms with van der Waals surface area (Å²) in [6, 6.07) is 11.5. The van der Waals surface area contributed by atoms with Crippen molar-refractivity contribution >= 4 is 44.5 Å². The third-order valence-electron chi connectivity index (χ3n) is 2.91. The maximum Gasteiger partial charge on any atom is 0.220 e. The highest BCUT2D eigenvalue weighted by molar-refractivity contribution is 9.10. The van der Waals surface area contributed by atoms with Gasteiger partial charge in [0, 0.05) is 10.9 Å². The van der Waals surface area contributed by atoms with Crippen LogP contribution in [0, 0.1) is 0 Å². The van der Waals surface area contributed by atoms with Crippen molar-refractivity contribution < 1.29 is 0 Å². The Morgan fingerprint density at radius 3 is 2.65 bits per heavy atom. The second kappa shape index (κ2) is 5.34. The van der Waals surface area contributed by atoms with Gasteiger partial charge < -0.3 is 5.73 Å². The van der Waals surface area contributed by atoms with Gasteiger partial charge in [-0.15, -0.1) is 0 Å². The van der Waals surface area contributed by atoms with Crippen molar-refractivity contribution in [3.8, 4) is 0 Å². The fraction of sp³-hybridized carbons (Fsp3) is 0.0714. The van der Waals surface area contributed by atoms with E-state index in [4.69, 9.17) is 17.3 Å². The molecule has 0 spiro atoms. The number of halogens is 2. The van der Waals surface area contributed by atoms with Crippen LogP contribution < -0.4 is 5.73 Å². The van der Waals surface area contributed by atoms with E-state index < -0.39 is 0 Å². The number of aromatic nitrogens is 3. The van der Waals surface area contributed by atoms with Gasteiger partial charge in [-0.2, -0.15) is 0 Å². The molecule has 2 heterocycles. The smallest absolute Gasteiger partial charge is 0.220 e. The summed E-state index contributed by atoms with van der Waals surface area (Å²) in [5.41, 5.74) is 9.01. The van der Waals surface area contributed by atoms with Gasteiger partial charge >= 0.3 is 0 Å². The quantitative estimate of drug-likeness (QED) is 0.718. The maximum atomic E-state index is 5.96. The Kier molecular flexibility index (Phi) is 3.54. The van der Waals surface area contributed by atoms with Crippen molar-refractivity contribution in [2.24, 2.45) is 0 Å². The summed E-state index contributed by atoms with van der Waals surface area (Å²) in [5, 5.41) is 0.416. The number of pyridine rings is 1. The minimum absolute atomic E-state index is 0.240. The number of nitrogens with two attached hydrogens (primary N) is 1. The first-order valence-electron chi connectivity index (χ1n) is 5.95. The van der Waals surface area contributed by atoms with Crippen molar-refractivity contribution in [2.75, 3.05) is 5.73 Å². The van der Waals surface area contributed by atoms with Gasteiger partial charge in [0.15, 0.2) is 0 Å². The number of anilines is 1. The van der Waals surface area contributed by atoms with Crippen molar-refractivity contribution in [2.45, 2.75) is 6.42 Å². The Morgan fingerprint density at radius 2 is 1.85 bits per heavy atom. The molecule has 2 N–H and O–H groups in total. The second-order valence-electron chi connectivity index (χ2n) is 4.30. The van der Waals surface area contributed by atoms with Crippen LogP contribution in [0.25, 0.3) is 11.0 Å². The molecule has 0 saturated heterocycles. The fourth-order valence-electron chi connectivity index (χ4n) is 2.02. The summed E-state index contributed by atoms with van der Waals surface area (Å²) in [6.07, 6.45) is 0.609. The van der Waals surface area contributed by atoms with Gasteiger partial charge in [0.1, 0.15) is 10.7 Å². The lowest BCUT2D eigenvalue weighted by atomic mass is 10.1. The zero-order valence-electron chi connectivity index (χ0n) is 10.3. The highest BCUT2D eigenvalue weighted by atomic mass is 79.9. The molecule has 0 bridgehead atoms. The van der Waals surface area contributed by atoms with Gasteiger partial charge in [0.05, 0.1) is 11.2 Å². The molecule has 3 rings (SSSR count). The molecule has 2 aromatic heterocycles. The first-order valence-corrected chi connectivity index (χ1v) is 7.12. The molecule has 0 amide bonds. The summed E-state index contributed by atoms with van der Waals surface area (Å²) >= 11 is 9.49. The highest BCUT2D eigenvalue weighted by Gasteiger charge is 2.10. The van der Waals surface area contributed by atoms with Gasteiger partial charge in [-0.05, 0) is 23.8 Å². The van der Waals surface area contributed by atoms with Gasteiger partial charge in [-0.1, -0.05) is 45.7 Å². The number of nitrogen functional groups attached to an aromatic ring is 1. The zero-order chi connectivity index (χ0) is 14.1. The van der Waals surface area contributed by atoms with Crippen LogP contribution in [-0.2, 0) is 6.42 Å². The number of hydrogen-bond acceptors (Lipinski definition) is 4. The maximum absolute atomic E-state index is 5.96. The predicted molar refractivity (Wildman–Crippen MR) is 83.7 cm³/mol. The number of rotatable bonds is 2. The van der Waals surface area contributed by atoms with Crippen LogP contribution in [0.5, 0.6) is 0 Å². The first-order chi connectivity index (χ1) is 9.63. The van der Waals surface area contributed by atoms with Crippen molar-refractivity contribution in [3.05, 3.63) is 57.3 Å². The number of benzene rings is 1. The molecule has 1 aromatic carbocycles. The molecule has 20 heavy (non-hydrogen) atoms.